The van der Waals surface area contributed by atoms with Crippen LogP contribution in [0.25, 0.3) is 0 Å². The van der Waals surface area contributed by atoms with E-state index in [0.717, 1.165) is 0 Å². The summed E-state index contributed by atoms with van der Waals surface area (Å²) in [5.41, 5.74) is 7.48. The lowest BCUT2D eigenvalue weighted by Crippen LogP contribution is -2.27. The molecule has 0 saturated carbocycles. The number of aromatic amines is 1. The van der Waals surface area contributed by atoms with Gasteiger partial charge in [0.15, 0.2) is 0 Å². The highest BCUT2D eigenvalue weighted by atomic mass is 32.2. The van der Waals surface area contributed by atoms with Crippen LogP contribution in [0.2, 0.25) is 0 Å². The Morgan fingerprint density at radius 3 is 2.75 bits per heavy atom. The van der Waals surface area contributed by atoms with Crippen LogP contribution in [0.1, 0.15) is 17.0 Å². The molecule has 0 unspecified atom stereocenters. The molecule has 0 atom stereocenters. The maximum Gasteiger partial charge on any atom is 0.241 e. The number of nitrogens with two attached hydrogens (primary N) is 1. The van der Waals surface area contributed by atoms with Crippen LogP contribution in [-0.4, -0.2) is 30.1 Å². The molecule has 4 N–H and O–H groups in total. The van der Waals surface area contributed by atoms with Gasteiger partial charge >= 0.3 is 0 Å². The summed E-state index contributed by atoms with van der Waals surface area (Å²) >= 11 is 0. The van der Waals surface area contributed by atoms with Crippen LogP contribution >= 0.6 is 0 Å². The van der Waals surface area contributed by atoms with Gasteiger partial charge in [-0.2, -0.15) is 5.10 Å². The van der Waals surface area contributed by atoms with Crippen molar-refractivity contribution in [3.8, 4) is 0 Å². The number of nitrogens with one attached hydrogen (secondary N) is 2. The third kappa shape index (κ3) is 2.97. The first-order valence-corrected chi connectivity index (χ1v) is 7.59. The number of rotatable bonds is 5. The van der Waals surface area contributed by atoms with Crippen LogP contribution in [0.5, 0.6) is 0 Å². The molecule has 0 bridgehead atoms. The lowest BCUT2D eigenvalue weighted by molar-refractivity contribution is 0.579. The van der Waals surface area contributed by atoms with Crippen molar-refractivity contribution < 1.29 is 8.42 Å². The maximum absolute atomic E-state index is 12.3. The minimum absolute atomic E-state index is 0.241. The molecule has 2 aromatic rings. The predicted octanol–water partition coefficient (Wildman–Crippen LogP) is 0.525. The molecule has 108 valence electrons. The summed E-state index contributed by atoms with van der Waals surface area (Å²) in [6.07, 6.45) is 1.83. The normalized spacial score (nSPS) is 11.7. The molecule has 0 aliphatic heterocycles. The zero-order chi connectivity index (χ0) is 14.8. The van der Waals surface area contributed by atoms with Crippen molar-refractivity contribution in [1.29, 1.82) is 0 Å². The van der Waals surface area contributed by atoms with Crippen LogP contribution in [-0.2, 0) is 16.4 Å². The van der Waals surface area contributed by atoms with Gasteiger partial charge in [0, 0.05) is 18.7 Å². The Balaban J connectivity index is 2.16. The van der Waals surface area contributed by atoms with Crippen molar-refractivity contribution in [2.75, 3.05) is 12.3 Å². The SMILES string of the molecule is Cc1ccc(N)c(C)c1S(=O)(=O)NCCc1ncn[nH]1. The van der Waals surface area contributed by atoms with Gasteiger partial charge < -0.3 is 5.73 Å². The van der Waals surface area contributed by atoms with Gasteiger partial charge in [0.25, 0.3) is 0 Å². The van der Waals surface area contributed by atoms with Gasteiger partial charge in [-0.25, -0.2) is 18.1 Å². The number of H-pyrrole nitrogens is 1. The number of anilines is 1. The second-order valence-electron chi connectivity index (χ2n) is 4.51. The Kier molecular flexibility index (Phi) is 4.05. The van der Waals surface area contributed by atoms with Crippen molar-refractivity contribution in [3.63, 3.8) is 0 Å². The number of hydrogen-bond acceptors (Lipinski definition) is 5. The van der Waals surface area contributed by atoms with Crippen molar-refractivity contribution in [2.45, 2.75) is 25.2 Å². The molecular formula is C12H17N5O2S. The Hall–Kier alpha value is -1.93. The quantitative estimate of drug-likeness (QED) is 0.696. The first-order chi connectivity index (χ1) is 9.42. The van der Waals surface area contributed by atoms with E-state index in [-0.39, 0.29) is 11.4 Å². The van der Waals surface area contributed by atoms with E-state index in [2.05, 4.69) is 19.9 Å². The largest absolute Gasteiger partial charge is 0.398 e. The Morgan fingerprint density at radius 1 is 1.35 bits per heavy atom. The zero-order valence-corrected chi connectivity index (χ0v) is 12.2. The topological polar surface area (TPSA) is 114 Å². The van der Waals surface area contributed by atoms with Crippen LogP contribution in [0.3, 0.4) is 0 Å². The van der Waals surface area contributed by atoms with Gasteiger partial charge in [-0.15, -0.1) is 0 Å². The highest BCUT2D eigenvalue weighted by Gasteiger charge is 2.20. The Morgan fingerprint density at radius 2 is 2.10 bits per heavy atom. The second-order valence-corrected chi connectivity index (χ2v) is 6.21. The first kappa shape index (κ1) is 14.5. The predicted molar refractivity (Wildman–Crippen MR) is 75.6 cm³/mol. The third-order valence-corrected chi connectivity index (χ3v) is 4.78. The zero-order valence-electron chi connectivity index (χ0n) is 11.3. The van der Waals surface area contributed by atoms with Gasteiger partial charge in [-0.05, 0) is 31.0 Å². The average molecular weight is 295 g/mol. The van der Waals surface area contributed by atoms with Gasteiger partial charge in [0.2, 0.25) is 10.0 Å². The highest BCUT2D eigenvalue weighted by molar-refractivity contribution is 7.89. The fourth-order valence-electron chi connectivity index (χ4n) is 1.98. The summed E-state index contributed by atoms with van der Waals surface area (Å²) in [6.45, 7) is 3.69. The second kappa shape index (κ2) is 5.59. The molecule has 1 aromatic carbocycles. The summed E-state index contributed by atoms with van der Waals surface area (Å²) in [6, 6.07) is 3.41. The molecule has 1 heterocycles. The summed E-state index contributed by atoms with van der Waals surface area (Å²) in [5, 5.41) is 6.38. The standard InChI is InChI=1S/C12H17N5O2S/c1-8-3-4-10(13)9(2)12(8)20(18,19)16-6-5-11-14-7-15-17-11/h3-4,7,16H,5-6,13H2,1-2H3,(H,14,15,17). The summed E-state index contributed by atoms with van der Waals surface area (Å²) in [7, 11) is -3.59. The number of aryl methyl sites for hydroxylation is 1. The monoisotopic (exact) mass is 295 g/mol. The molecule has 0 amide bonds. The number of hydrogen-bond donors (Lipinski definition) is 3. The molecule has 8 heteroatoms. The van der Waals surface area contributed by atoms with E-state index in [9.17, 15) is 8.42 Å². The number of nitrogens with zero attached hydrogens (tertiary/aromatic N) is 2. The van der Waals surface area contributed by atoms with Crippen molar-refractivity contribution in [1.82, 2.24) is 19.9 Å². The van der Waals surface area contributed by atoms with Crippen LogP contribution in [0.4, 0.5) is 5.69 Å². The van der Waals surface area contributed by atoms with E-state index in [0.29, 0.717) is 29.1 Å². The molecule has 0 spiro atoms. The molecule has 7 nitrogen and oxygen atoms in total. The number of sulfonamides is 1. The van der Waals surface area contributed by atoms with E-state index in [1.807, 2.05) is 0 Å². The molecule has 0 radical (unpaired) electrons. The molecule has 2 rings (SSSR count). The van der Waals surface area contributed by atoms with E-state index >= 15 is 0 Å². The highest BCUT2D eigenvalue weighted by Crippen LogP contribution is 2.24. The van der Waals surface area contributed by atoms with Crippen LogP contribution < -0.4 is 10.5 Å². The Labute approximate surface area is 117 Å². The number of nitrogen functional groups attached to an aromatic ring is 1. The molecule has 0 aliphatic carbocycles. The first-order valence-electron chi connectivity index (χ1n) is 6.11. The summed E-state index contributed by atoms with van der Waals surface area (Å²) in [5.74, 6) is 0.633. The number of benzene rings is 1. The van der Waals surface area contributed by atoms with Crippen LogP contribution in [0.15, 0.2) is 23.4 Å². The van der Waals surface area contributed by atoms with E-state index in [1.54, 1.807) is 26.0 Å². The van der Waals surface area contributed by atoms with Crippen molar-refractivity contribution in [3.05, 3.63) is 35.4 Å². The third-order valence-electron chi connectivity index (χ3n) is 3.03. The minimum atomic E-state index is -3.59. The fraction of sp³-hybridized carbons (Fsp3) is 0.333. The van der Waals surface area contributed by atoms with Crippen molar-refractivity contribution in [2.24, 2.45) is 0 Å². The van der Waals surface area contributed by atoms with E-state index < -0.39 is 10.0 Å². The molecule has 0 fully saturated rings. The van der Waals surface area contributed by atoms with Gasteiger partial charge in [-0.3, -0.25) is 5.10 Å². The molecule has 20 heavy (non-hydrogen) atoms. The lowest BCUT2D eigenvalue weighted by Gasteiger charge is -2.13. The molecule has 1 aromatic heterocycles. The minimum Gasteiger partial charge on any atom is -0.398 e. The summed E-state index contributed by atoms with van der Waals surface area (Å²) in [4.78, 5) is 4.18. The van der Waals surface area contributed by atoms with E-state index in [1.165, 1.54) is 6.33 Å². The van der Waals surface area contributed by atoms with E-state index in [4.69, 9.17) is 5.73 Å². The van der Waals surface area contributed by atoms with Crippen molar-refractivity contribution >= 4 is 15.7 Å². The smallest absolute Gasteiger partial charge is 0.241 e. The molecular weight excluding hydrogens is 278 g/mol. The van der Waals surface area contributed by atoms with Gasteiger partial charge in [-0.1, -0.05) is 6.07 Å². The molecule has 0 aliphatic rings. The Bertz CT molecular complexity index is 695. The average Bonchev–Trinajstić information content (AvgIpc) is 2.87. The fourth-order valence-corrected chi connectivity index (χ4v) is 3.51. The van der Waals surface area contributed by atoms with Gasteiger partial charge in [0.05, 0.1) is 4.90 Å². The van der Waals surface area contributed by atoms with Gasteiger partial charge in [0.1, 0.15) is 12.2 Å². The maximum atomic E-state index is 12.3. The number of aromatic nitrogens is 3. The lowest BCUT2D eigenvalue weighted by atomic mass is 10.1. The molecule has 0 saturated heterocycles. The summed E-state index contributed by atoms with van der Waals surface area (Å²) < 4.78 is 27.2. The van der Waals surface area contributed by atoms with Crippen LogP contribution in [0, 0.1) is 13.8 Å².